The fourth-order valence-electron chi connectivity index (χ4n) is 1.64. The topological polar surface area (TPSA) is 138 Å². The number of hydrogen-bond acceptors (Lipinski definition) is 6. The number of amides is 2. The van der Waals surface area contributed by atoms with Crippen molar-refractivity contribution in [2.24, 2.45) is 0 Å². The average molecular weight is 290 g/mol. The zero-order valence-electron chi connectivity index (χ0n) is 11.7. The summed E-state index contributed by atoms with van der Waals surface area (Å²) in [5.41, 5.74) is 11.8. The van der Waals surface area contributed by atoms with Crippen LogP contribution in [0.1, 0.15) is 12.5 Å². The first kappa shape index (κ1) is 16.2. The van der Waals surface area contributed by atoms with E-state index in [0.29, 0.717) is 6.54 Å². The van der Waals surface area contributed by atoms with Crippen molar-refractivity contribution in [2.45, 2.75) is 6.92 Å². The van der Waals surface area contributed by atoms with Crippen LogP contribution in [0.15, 0.2) is 18.9 Å². The third kappa shape index (κ3) is 3.56. The molecule has 0 saturated carbocycles. The molecule has 1 heterocycles. The number of nitrogens with zero attached hydrogens (tertiary/aromatic N) is 2. The van der Waals surface area contributed by atoms with E-state index in [4.69, 9.17) is 16.9 Å². The van der Waals surface area contributed by atoms with Crippen molar-refractivity contribution >= 4 is 35.2 Å². The summed E-state index contributed by atoms with van der Waals surface area (Å²) in [5, 5.41) is 9.59. The van der Waals surface area contributed by atoms with Gasteiger partial charge >= 0.3 is 11.8 Å². The van der Waals surface area contributed by atoms with E-state index in [0.717, 1.165) is 6.21 Å². The molecule has 112 valence electrons. The van der Waals surface area contributed by atoms with Gasteiger partial charge in [0.25, 0.3) is 0 Å². The maximum Gasteiger partial charge on any atom is 0.314 e. The molecule has 0 aliphatic rings. The summed E-state index contributed by atoms with van der Waals surface area (Å²) in [6.07, 6.45) is 3.71. The lowest BCUT2D eigenvalue weighted by atomic mass is 10.2. The number of nitrogens with one attached hydrogen (secondary N) is 2. The molecule has 21 heavy (non-hydrogen) atoms. The van der Waals surface area contributed by atoms with Crippen LogP contribution in [0.3, 0.4) is 0 Å². The number of anilines is 3. The van der Waals surface area contributed by atoms with Crippen molar-refractivity contribution in [3.05, 3.63) is 24.4 Å². The third-order valence-corrected chi connectivity index (χ3v) is 2.79. The van der Waals surface area contributed by atoms with Gasteiger partial charge in [0.05, 0.1) is 23.1 Å². The van der Waals surface area contributed by atoms with Gasteiger partial charge in [-0.25, -0.2) is 4.98 Å². The number of likely N-dealkylation sites (N-methyl/N-ethyl adjacent to an activating group) is 1. The maximum atomic E-state index is 11.9. The van der Waals surface area contributed by atoms with E-state index in [1.165, 1.54) is 17.2 Å². The normalized spacial score (nSPS) is 9.76. The second-order valence-corrected chi connectivity index (χ2v) is 4.12. The first-order valence-electron chi connectivity index (χ1n) is 6.21. The SMILES string of the molecule is C=CCN(CC)C(=O)C(=O)Nc1cnc(N)c(C=N)c1N. The highest BCUT2D eigenvalue weighted by atomic mass is 16.2. The van der Waals surface area contributed by atoms with Crippen molar-refractivity contribution in [1.29, 1.82) is 5.41 Å². The van der Waals surface area contributed by atoms with Crippen LogP contribution in [-0.2, 0) is 9.59 Å². The molecule has 1 rings (SSSR count). The zero-order chi connectivity index (χ0) is 16.0. The van der Waals surface area contributed by atoms with E-state index in [1.807, 2.05) is 0 Å². The first-order valence-corrected chi connectivity index (χ1v) is 6.21. The van der Waals surface area contributed by atoms with Gasteiger partial charge in [0, 0.05) is 19.3 Å². The summed E-state index contributed by atoms with van der Waals surface area (Å²) in [5.74, 6) is -1.47. The van der Waals surface area contributed by atoms with Crippen LogP contribution in [0.5, 0.6) is 0 Å². The van der Waals surface area contributed by atoms with Crippen LogP contribution in [0.25, 0.3) is 0 Å². The summed E-state index contributed by atoms with van der Waals surface area (Å²) in [4.78, 5) is 29.0. The maximum absolute atomic E-state index is 11.9. The van der Waals surface area contributed by atoms with E-state index in [-0.39, 0.29) is 29.3 Å². The Morgan fingerprint density at radius 1 is 1.52 bits per heavy atom. The molecule has 0 aliphatic carbocycles. The third-order valence-electron chi connectivity index (χ3n) is 2.79. The molecule has 0 saturated heterocycles. The molecule has 0 unspecified atom stereocenters. The number of nitrogen functional groups attached to an aromatic ring is 2. The summed E-state index contributed by atoms with van der Waals surface area (Å²) in [6.45, 7) is 5.92. The van der Waals surface area contributed by atoms with Crippen LogP contribution in [0, 0.1) is 5.41 Å². The van der Waals surface area contributed by atoms with Gasteiger partial charge in [0.1, 0.15) is 5.82 Å². The van der Waals surface area contributed by atoms with Crippen LogP contribution in [0.4, 0.5) is 17.2 Å². The number of aromatic nitrogens is 1. The van der Waals surface area contributed by atoms with Crippen LogP contribution >= 0.6 is 0 Å². The average Bonchev–Trinajstić information content (AvgIpc) is 2.47. The summed E-state index contributed by atoms with van der Waals surface area (Å²) in [6, 6.07) is 0. The summed E-state index contributed by atoms with van der Waals surface area (Å²) >= 11 is 0. The largest absolute Gasteiger partial charge is 0.396 e. The quantitative estimate of drug-likeness (QED) is 0.349. The Bertz CT molecular complexity index is 584. The Kier molecular flexibility index (Phi) is 5.41. The van der Waals surface area contributed by atoms with Crippen molar-refractivity contribution in [3.63, 3.8) is 0 Å². The molecule has 8 nitrogen and oxygen atoms in total. The van der Waals surface area contributed by atoms with Gasteiger partial charge < -0.3 is 27.1 Å². The van der Waals surface area contributed by atoms with Crippen molar-refractivity contribution in [2.75, 3.05) is 29.9 Å². The van der Waals surface area contributed by atoms with Gasteiger partial charge in [-0.3, -0.25) is 9.59 Å². The second-order valence-electron chi connectivity index (χ2n) is 4.12. The van der Waals surface area contributed by atoms with E-state index in [1.54, 1.807) is 6.92 Å². The Morgan fingerprint density at radius 3 is 2.71 bits per heavy atom. The molecular formula is C13H18N6O2. The number of hydrogen-bond donors (Lipinski definition) is 4. The molecule has 0 atom stereocenters. The molecule has 0 aliphatic heterocycles. The van der Waals surface area contributed by atoms with E-state index in [9.17, 15) is 9.59 Å². The molecule has 8 heteroatoms. The molecular weight excluding hydrogens is 272 g/mol. The number of carbonyl (C=O) groups excluding carboxylic acids is 2. The summed E-state index contributed by atoms with van der Waals surface area (Å²) in [7, 11) is 0. The Morgan fingerprint density at radius 2 is 2.19 bits per heavy atom. The highest BCUT2D eigenvalue weighted by Gasteiger charge is 2.21. The molecule has 6 N–H and O–H groups in total. The first-order chi connectivity index (χ1) is 9.96. The van der Waals surface area contributed by atoms with Crippen LogP contribution < -0.4 is 16.8 Å². The standard InChI is InChI=1S/C13H18N6O2/c1-3-5-19(4-2)13(21)12(20)18-9-7-17-11(16)8(6-14)10(9)15/h3,6-7,14H,1,4-5H2,2H3,(H,18,20)(H4,15,16,17). The Hall–Kier alpha value is -2.90. The van der Waals surface area contributed by atoms with Gasteiger partial charge in [-0.05, 0) is 6.92 Å². The van der Waals surface area contributed by atoms with E-state index in [2.05, 4.69) is 16.9 Å². The number of pyridine rings is 1. The molecule has 0 radical (unpaired) electrons. The molecule has 0 bridgehead atoms. The highest BCUT2D eigenvalue weighted by Crippen LogP contribution is 2.24. The lowest BCUT2D eigenvalue weighted by Crippen LogP contribution is -2.39. The minimum Gasteiger partial charge on any atom is -0.396 e. The number of rotatable bonds is 5. The monoisotopic (exact) mass is 290 g/mol. The van der Waals surface area contributed by atoms with Gasteiger partial charge in [0.15, 0.2) is 0 Å². The molecule has 2 amide bonds. The van der Waals surface area contributed by atoms with Gasteiger partial charge in [-0.2, -0.15) is 0 Å². The van der Waals surface area contributed by atoms with Gasteiger partial charge in [0.2, 0.25) is 0 Å². The van der Waals surface area contributed by atoms with Crippen molar-refractivity contribution in [3.8, 4) is 0 Å². The lowest BCUT2D eigenvalue weighted by Gasteiger charge is -2.18. The molecule has 1 aromatic heterocycles. The minimum atomic E-state index is -0.840. The van der Waals surface area contributed by atoms with E-state index < -0.39 is 11.8 Å². The molecule has 0 aromatic carbocycles. The lowest BCUT2D eigenvalue weighted by molar-refractivity contribution is -0.142. The van der Waals surface area contributed by atoms with Crippen molar-refractivity contribution in [1.82, 2.24) is 9.88 Å². The predicted molar refractivity (Wildman–Crippen MR) is 82.0 cm³/mol. The summed E-state index contributed by atoms with van der Waals surface area (Å²) < 4.78 is 0. The zero-order valence-corrected chi connectivity index (χ0v) is 11.7. The van der Waals surface area contributed by atoms with Gasteiger partial charge in [-0.1, -0.05) is 6.08 Å². The molecule has 0 fully saturated rings. The Labute approximate surface area is 122 Å². The van der Waals surface area contributed by atoms with Crippen molar-refractivity contribution < 1.29 is 9.59 Å². The number of nitrogens with two attached hydrogens (primary N) is 2. The van der Waals surface area contributed by atoms with E-state index >= 15 is 0 Å². The smallest absolute Gasteiger partial charge is 0.314 e. The fraction of sp³-hybridized carbons (Fsp3) is 0.231. The van der Waals surface area contributed by atoms with Crippen LogP contribution in [-0.4, -0.2) is 41.0 Å². The number of carbonyl (C=O) groups is 2. The highest BCUT2D eigenvalue weighted by molar-refractivity contribution is 6.39. The second kappa shape index (κ2) is 7.04. The molecule has 1 aromatic rings. The van der Waals surface area contributed by atoms with Gasteiger partial charge in [-0.15, -0.1) is 6.58 Å². The van der Waals surface area contributed by atoms with Crippen LogP contribution in [0.2, 0.25) is 0 Å². The Balaban J connectivity index is 2.96. The fourth-order valence-corrected chi connectivity index (χ4v) is 1.64. The molecule has 0 spiro atoms. The minimum absolute atomic E-state index is 0.0775. The predicted octanol–water partition coefficient (Wildman–Crippen LogP) is 0.217.